The third-order valence-corrected chi connectivity index (χ3v) is 2.36. The normalized spacial score (nSPS) is 12.5. The van der Waals surface area contributed by atoms with Crippen molar-refractivity contribution >= 4 is 22.2 Å². The lowest BCUT2D eigenvalue weighted by molar-refractivity contribution is -0.109. The average molecular weight is 247 g/mol. The molecule has 1 aromatic carbocycles. The second-order valence-electron chi connectivity index (χ2n) is 2.58. The van der Waals surface area contributed by atoms with E-state index in [9.17, 15) is 14.3 Å². The molecule has 1 N–H and O–H groups in total. The first-order valence-electron chi connectivity index (χ1n) is 3.72. The Kier molecular flexibility index (Phi) is 3.57. The van der Waals surface area contributed by atoms with E-state index in [1.165, 1.54) is 18.2 Å². The topological polar surface area (TPSA) is 37.3 Å². The van der Waals surface area contributed by atoms with Crippen LogP contribution >= 0.6 is 15.9 Å². The summed E-state index contributed by atoms with van der Waals surface area (Å²) >= 11 is 3.16. The van der Waals surface area contributed by atoms with E-state index in [0.29, 0.717) is 16.3 Å². The van der Waals surface area contributed by atoms with Gasteiger partial charge in [0.05, 0.1) is 6.10 Å². The molecule has 0 aliphatic heterocycles. The zero-order chi connectivity index (χ0) is 9.84. The van der Waals surface area contributed by atoms with Crippen LogP contribution in [0.2, 0.25) is 0 Å². The largest absolute Gasteiger partial charge is 0.388 e. The molecular formula is C9H8BrFO2. The van der Waals surface area contributed by atoms with Crippen LogP contribution in [0.15, 0.2) is 22.7 Å². The molecule has 1 rings (SSSR count). The molecule has 0 bridgehead atoms. The molecule has 1 unspecified atom stereocenters. The maximum Gasteiger partial charge on any atom is 0.123 e. The Morgan fingerprint density at radius 2 is 2.31 bits per heavy atom. The molecule has 0 aromatic heterocycles. The fourth-order valence-corrected chi connectivity index (χ4v) is 1.50. The minimum Gasteiger partial charge on any atom is -0.388 e. The third kappa shape index (κ3) is 2.60. The Morgan fingerprint density at radius 1 is 1.62 bits per heavy atom. The van der Waals surface area contributed by atoms with Crippen LogP contribution in [0.25, 0.3) is 0 Å². The summed E-state index contributed by atoms with van der Waals surface area (Å²) in [6, 6.07) is 3.98. The van der Waals surface area contributed by atoms with Crippen molar-refractivity contribution in [1.29, 1.82) is 0 Å². The first-order valence-corrected chi connectivity index (χ1v) is 4.51. The Labute approximate surface area is 83.5 Å². The van der Waals surface area contributed by atoms with Crippen LogP contribution in [-0.2, 0) is 4.79 Å². The smallest absolute Gasteiger partial charge is 0.123 e. The molecule has 0 aliphatic carbocycles. The van der Waals surface area contributed by atoms with Crippen LogP contribution in [0.1, 0.15) is 18.1 Å². The molecular weight excluding hydrogens is 239 g/mol. The zero-order valence-electron chi connectivity index (χ0n) is 6.71. The Balaban J connectivity index is 2.97. The van der Waals surface area contributed by atoms with Crippen LogP contribution < -0.4 is 0 Å². The molecule has 0 fully saturated rings. The van der Waals surface area contributed by atoms with Gasteiger partial charge in [0.1, 0.15) is 12.1 Å². The molecule has 0 spiro atoms. The predicted octanol–water partition coefficient (Wildman–Crippen LogP) is 2.21. The van der Waals surface area contributed by atoms with Crippen molar-refractivity contribution in [2.24, 2.45) is 0 Å². The summed E-state index contributed by atoms with van der Waals surface area (Å²) in [6.45, 7) is 0. The summed E-state index contributed by atoms with van der Waals surface area (Å²) in [5, 5.41) is 9.40. The minimum absolute atomic E-state index is 0.0257. The summed E-state index contributed by atoms with van der Waals surface area (Å²) in [5.41, 5.74) is 0.395. The summed E-state index contributed by atoms with van der Waals surface area (Å²) < 4.78 is 13.3. The highest BCUT2D eigenvalue weighted by molar-refractivity contribution is 9.10. The number of rotatable bonds is 3. The number of aldehydes is 1. The van der Waals surface area contributed by atoms with Crippen LogP contribution in [0.3, 0.4) is 0 Å². The summed E-state index contributed by atoms with van der Waals surface area (Å²) in [4.78, 5) is 10.1. The van der Waals surface area contributed by atoms with Gasteiger partial charge in [0.15, 0.2) is 0 Å². The van der Waals surface area contributed by atoms with Gasteiger partial charge in [0.25, 0.3) is 0 Å². The van der Waals surface area contributed by atoms with Gasteiger partial charge in [-0.2, -0.15) is 0 Å². The molecule has 0 radical (unpaired) electrons. The van der Waals surface area contributed by atoms with E-state index in [2.05, 4.69) is 15.9 Å². The minimum atomic E-state index is -0.942. The number of aliphatic hydroxyl groups excluding tert-OH is 1. The molecule has 0 aliphatic rings. The molecule has 1 aromatic rings. The number of aliphatic hydroxyl groups is 1. The second-order valence-corrected chi connectivity index (χ2v) is 3.44. The standard InChI is InChI=1S/C9H8BrFO2/c10-8-2-1-6(11)5-7(8)9(13)3-4-12/h1-2,4-5,9,13H,3H2. The molecule has 0 saturated heterocycles. The SMILES string of the molecule is O=CCC(O)c1cc(F)ccc1Br. The van der Waals surface area contributed by atoms with Crippen molar-refractivity contribution in [1.82, 2.24) is 0 Å². The van der Waals surface area contributed by atoms with E-state index < -0.39 is 11.9 Å². The number of hydrogen-bond donors (Lipinski definition) is 1. The molecule has 0 heterocycles. The maximum absolute atomic E-state index is 12.7. The predicted molar refractivity (Wildman–Crippen MR) is 49.7 cm³/mol. The van der Waals surface area contributed by atoms with Crippen LogP contribution in [-0.4, -0.2) is 11.4 Å². The number of carbonyl (C=O) groups excluding carboxylic acids is 1. The summed E-state index contributed by atoms with van der Waals surface area (Å²) in [7, 11) is 0. The molecule has 13 heavy (non-hydrogen) atoms. The Morgan fingerprint density at radius 3 is 2.92 bits per heavy atom. The quantitative estimate of drug-likeness (QED) is 0.831. The first-order chi connectivity index (χ1) is 6.15. The van der Waals surface area contributed by atoms with E-state index in [-0.39, 0.29) is 6.42 Å². The van der Waals surface area contributed by atoms with Gasteiger partial charge < -0.3 is 9.90 Å². The summed E-state index contributed by atoms with van der Waals surface area (Å²) in [6.07, 6.45) is -0.369. The van der Waals surface area contributed by atoms with E-state index in [1.807, 2.05) is 0 Å². The molecule has 70 valence electrons. The molecule has 2 nitrogen and oxygen atoms in total. The van der Waals surface area contributed by atoms with Gasteiger partial charge in [-0.25, -0.2) is 4.39 Å². The monoisotopic (exact) mass is 246 g/mol. The lowest BCUT2D eigenvalue weighted by Crippen LogP contribution is -1.99. The van der Waals surface area contributed by atoms with Gasteiger partial charge in [-0.05, 0) is 23.8 Å². The second kappa shape index (κ2) is 4.48. The van der Waals surface area contributed by atoms with Crippen LogP contribution in [0.5, 0.6) is 0 Å². The number of benzene rings is 1. The van der Waals surface area contributed by atoms with Gasteiger partial charge in [-0.15, -0.1) is 0 Å². The highest BCUT2D eigenvalue weighted by Gasteiger charge is 2.11. The third-order valence-electron chi connectivity index (χ3n) is 1.64. The lowest BCUT2D eigenvalue weighted by Gasteiger charge is -2.09. The molecule has 0 saturated carbocycles. The van der Waals surface area contributed by atoms with Crippen molar-refractivity contribution < 1.29 is 14.3 Å². The molecule has 0 amide bonds. The number of carbonyl (C=O) groups is 1. The van der Waals surface area contributed by atoms with Crippen molar-refractivity contribution in [3.05, 3.63) is 34.1 Å². The molecule has 1 atom stereocenters. The van der Waals surface area contributed by atoms with Gasteiger partial charge >= 0.3 is 0 Å². The number of halogens is 2. The Bertz CT molecular complexity index is 314. The highest BCUT2D eigenvalue weighted by atomic mass is 79.9. The Hall–Kier alpha value is -0.740. The van der Waals surface area contributed by atoms with E-state index in [4.69, 9.17) is 0 Å². The van der Waals surface area contributed by atoms with Crippen molar-refractivity contribution in [3.63, 3.8) is 0 Å². The summed E-state index contributed by atoms with van der Waals surface area (Å²) in [5.74, 6) is -0.428. The maximum atomic E-state index is 12.7. The van der Waals surface area contributed by atoms with Crippen molar-refractivity contribution in [2.75, 3.05) is 0 Å². The van der Waals surface area contributed by atoms with Crippen molar-refractivity contribution in [3.8, 4) is 0 Å². The first kappa shape index (κ1) is 10.3. The van der Waals surface area contributed by atoms with Crippen molar-refractivity contribution in [2.45, 2.75) is 12.5 Å². The fourth-order valence-electron chi connectivity index (χ4n) is 0.988. The van der Waals surface area contributed by atoms with E-state index in [1.54, 1.807) is 0 Å². The zero-order valence-corrected chi connectivity index (χ0v) is 8.29. The fraction of sp³-hybridized carbons (Fsp3) is 0.222. The van der Waals surface area contributed by atoms with Crippen LogP contribution in [0, 0.1) is 5.82 Å². The average Bonchev–Trinajstić information content (AvgIpc) is 2.09. The van der Waals surface area contributed by atoms with Gasteiger partial charge in [-0.3, -0.25) is 0 Å². The molecule has 4 heteroatoms. The van der Waals surface area contributed by atoms with Gasteiger partial charge in [0.2, 0.25) is 0 Å². The number of hydrogen-bond acceptors (Lipinski definition) is 2. The van der Waals surface area contributed by atoms with Crippen LogP contribution in [0.4, 0.5) is 4.39 Å². The van der Waals surface area contributed by atoms with E-state index in [0.717, 1.165) is 0 Å². The highest BCUT2D eigenvalue weighted by Crippen LogP contribution is 2.25. The van der Waals surface area contributed by atoms with E-state index >= 15 is 0 Å². The van der Waals surface area contributed by atoms with Gasteiger partial charge in [0, 0.05) is 10.9 Å². The van der Waals surface area contributed by atoms with Gasteiger partial charge in [-0.1, -0.05) is 15.9 Å². The lowest BCUT2D eigenvalue weighted by atomic mass is 10.1.